The standard InChI is InChI=1S/C17H26ClNO/c1-12-9-13(2)14(3)19(11-12)8-7-17(20)15-5-4-6-16(18)10-15/h4-6,10,12-14,17,20H,7-9,11H2,1-3H3. The van der Waals surface area contributed by atoms with Gasteiger partial charge in [0.05, 0.1) is 6.10 Å². The number of piperidine rings is 1. The van der Waals surface area contributed by atoms with Crippen LogP contribution in [0.25, 0.3) is 0 Å². The van der Waals surface area contributed by atoms with Crippen molar-refractivity contribution >= 4 is 11.6 Å². The highest BCUT2D eigenvalue weighted by Crippen LogP contribution is 2.28. The Morgan fingerprint density at radius 2 is 2.10 bits per heavy atom. The molecule has 20 heavy (non-hydrogen) atoms. The molecule has 112 valence electrons. The zero-order valence-corrected chi connectivity index (χ0v) is 13.5. The van der Waals surface area contributed by atoms with E-state index in [4.69, 9.17) is 11.6 Å². The Morgan fingerprint density at radius 3 is 2.80 bits per heavy atom. The number of hydrogen-bond acceptors (Lipinski definition) is 2. The Morgan fingerprint density at radius 1 is 1.35 bits per heavy atom. The molecule has 0 saturated carbocycles. The van der Waals surface area contributed by atoms with Crippen LogP contribution in [0.4, 0.5) is 0 Å². The van der Waals surface area contributed by atoms with E-state index in [1.54, 1.807) is 0 Å². The van der Waals surface area contributed by atoms with Gasteiger partial charge in [-0.05, 0) is 49.3 Å². The Labute approximate surface area is 127 Å². The second kappa shape index (κ2) is 6.93. The van der Waals surface area contributed by atoms with E-state index >= 15 is 0 Å². The minimum atomic E-state index is -0.423. The summed E-state index contributed by atoms with van der Waals surface area (Å²) < 4.78 is 0. The van der Waals surface area contributed by atoms with Crippen molar-refractivity contribution in [3.05, 3.63) is 34.9 Å². The molecule has 0 radical (unpaired) electrons. The predicted octanol–water partition coefficient (Wildman–Crippen LogP) is 4.13. The van der Waals surface area contributed by atoms with Crippen molar-refractivity contribution in [2.75, 3.05) is 13.1 Å². The molecule has 2 nitrogen and oxygen atoms in total. The van der Waals surface area contributed by atoms with Crippen LogP contribution in [0.3, 0.4) is 0 Å². The van der Waals surface area contributed by atoms with Gasteiger partial charge in [-0.2, -0.15) is 0 Å². The summed E-state index contributed by atoms with van der Waals surface area (Å²) in [5.41, 5.74) is 0.920. The molecule has 1 aromatic rings. The number of rotatable bonds is 4. The summed E-state index contributed by atoms with van der Waals surface area (Å²) in [5.74, 6) is 1.49. The smallest absolute Gasteiger partial charge is 0.0802 e. The molecule has 1 aliphatic heterocycles. The van der Waals surface area contributed by atoms with Crippen LogP contribution in [0.1, 0.15) is 45.3 Å². The Bertz CT molecular complexity index is 437. The first-order chi connectivity index (χ1) is 9.47. The minimum absolute atomic E-state index is 0.423. The van der Waals surface area contributed by atoms with Gasteiger partial charge < -0.3 is 10.0 Å². The van der Waals surface area contributed by atoms with E-state index in [9.17, 15) is 5.11 Å². The maximum Gasteiger partial charge on any atom is 0.0802 e. The normalized spacial score (nSPS) is 29.4. The van der Waals surface area contributed by atoms with Crippen LogP contribution in [-0.4, -0.2) is 29.1 Å². The molecule has 0 aliphatic carbocycles. The van der Waals surface area contributed by atoms with Gasteiger partial charge in [0, 0.05) is 24.2 Å². The number of nitrogens with zero attached hydrogens (tertiary/aromatic N) is 1. The highest BCUT2D eigenvalue weighted by atomic mass is 35.5. The van der Waals surface area contributed by atoms with E-state index in [0.29, 0.717) is 11.1 Å². The van der Waals surface area contributed by atoms with Crippen molar-refractivity contribution in [1.82, 2.24) is 4.90 Å². The van der Waals surface area contributed by atoms with Crippen LogP contribution >= 0.6 is 11.6 Å². The number of hydrogen-bond donors (Lipinski definition) is 1. The average Bonchev–Trinajstić information content (AvgIpc) is 2.40. The highest BCUT2D eigenvalue weighted by Gasteiger charge is 2.28. The largest absolute Gasteiger partial charge is 0.388 e. The van der Waals surface area contributed by atoms with Gasteiger partial charge in [0.2, 0.25) is 0 Å². The van der Waals surface area contributed by atoms with Crippen LogP contribution < -0.4 is 0 Å². The zero-order chi connectivity index (χ0) is 14.7. The van der Waals surface area contributed by atoms with E-state index in [1.807, 2.05) is 24.3 Å². The molecule has 0 bridgehead atoms. The van der Waals surface area contributed by atoms with Gasteiger partial charge in [0.1, 0.15) is 0 Å². The molecule has 1 saturated heterocycles. The first-order valence-corrected chi connectivity index (χ1v) is 8.02. The van der Waals surface area contributed by atoms with Crippen LogP contribution in [0, 0.1) is 11.8 Å². The van der Waals surface area contributed by atoms with Crippen LogP contribution in [-0.2, 0) is 0 Å². The molecule has 3 heteroatoms. The Hall–Kier alpha value is -0.570. The van der Waals surface area contributed by atoms with Gasteiger partial charge >= 0.3 is 0 Å². The monoisotopic (exact) mass is 295 g/mol. The molecule has 1 aromatic carbocycles. The molecule has 1 heterocycles. The second-order valence-corrected chi connectivity index (χ2v) is 6.85. The Kier molecular flexibility index (Phi) is 5.48. The van der Waals surface area contributed by atoms with E-state index in [2.05, 4.69) is 25.7 Å². The van der Waals surface area contributed by atoms with Gasteiger partial charge in [-0.1, -0.05) is 37.6 Å². The maximum absolute atomic E-state index is 10.3. The van der Waals surface area contributed by atoms with Crippen LogP contribution in [0.5, 0.6) is 0 Å². The van der Waals surface area contributed by atoms with Crippen molar-refractivity contribution in [3.8, 4) is 0 Å². The van der Waals surface area contributed by atoms with E-state index in [0.717, 1.165) is 36.9 Å². The molecule has 1 aliphatic rings. The fraction of sp³-hybridized carbons (Fsp3) is 0.647. The molecule has 0 aromatic heterocycles. The zero-order valence-electron chi connectivity index (χ0n) is 12.7. The fourth-order valence-electron chi connectivity index (χ4n) is 3.30. The van der Waals surface area contributed by atoms with E-state index in [1.165, 1.54) is 6.42 Å². The molecule has 2 rings (SSSR count). The lowest BCUT2D eigenvalue weighted by Crippen LogP contribution is -2.46. The topological polar surface area (TPSA) is 23.5 Å². The summed E-state index contributed by atoms with van der Waals surface area (Å²) in [6, 6.07) is 8.15. The maximum atomic E-state index is 10.3. The first kappa shape index (κ1) is 15.8. The molecule has 1 fully saturated rings. The molecular formula is C17H26ClNO. The fourth-order valence-corrected chi connectivity index (χ4v) is 3.49. The summed E-state index contributed by atoms with van der Waals surface area (Å²) in [5, 5.41) is 11.0. The molecule has 4 unspecified atom stereocenters. The third-order valence-electron chi connectivity index (χ3n) is 4.64. The van der Waals surface area contributed by atoms with Crippen molar-refractivity contribution in [1.29, 1.82) is 0 Å². The van der Waals surface area contributed by atoms with Gasteiger partial charge in [0.15, 0.2) is 0 Å². The van der Waals surface area contributed by atoms with Crippen LogP contribution in [0.2, 0.25) is 5.02 Å². The molecule has 0 spiro atoms. The quantitative estimate of drug-likeness (QED) is 0.903. The first-order valence-electron chi connectivity index (χ1n) is 7.65. The number of likely N-dealkylation sites (tertiary alicyclic amines) is 1. The third kappa shape index (κ3) is 3.97. The van der Waals surface area contributed by atoms with Gasteiger partial charge in [0.25, 0.3) is 0 Å². The summed E-state index contributed by atoms with van der Waals surface area (Å²) in [6.07, 6.45) is 1.66. The van der Waals surface area contributed by atoms with Gasteiger partial charge in [-0.15, -0.1) is 0 Å². The lowest BCUT2D eigenvalue weighted by molar-refractivity contribution is 0.0599. The van der Waals surface area contributed by atoms with Gasteiger partial charge in [-0.25, -0.2) is 0 Å². The predicted molar refractivity (Wildman–Crippen MR) is 85.0 cm³/mol. The average molecular weight is 296 g/mol. The van der Waals surface area contributed by atoms with Crippen molar-refractivity contribution in [2.45, 2.75) is 45.8 Å². The second-order valence-electron chi connectivity index (χ2n) is 6.41. The number of benzene rings is 1. The minimum Gasteiger partial charge on any atom is -0.388 e. The van der Waals surface area contributed by atoms with E-state index in [-0.39, 0.29) is 0 Å². The molecular weight excluding hydrogens is 270 g/mol. The van der Waals surface area contributed by atoms with Crippen molar-refractivity contribution < 1.29 is 5.11 Å². The number of halogens is 1. The highest BCUT2D eigenvalue weighted by molar-refractivity contribution is 6.30. The summed E-state index contributed by atoms with van der Waals surface area (Å²) >= 11 is 5.98. The lowest BCUT2D eigenvalue weighted by atomic mass is 9.86. The molecule has 1 N–H and O–H groups in total. The number of aliphatic hydroxyl groups excluding tert-OH is 1. The van der Waals surface area contributed by atoms with Crippen LogP contribution in [0.15, 0.2) is 24.3 Å². The SMILES string of the molecule is CC1CC(C)C(C)N(CCC(O)c2cccc(Cl)c2)C1. The summed E-state index contributed by atoms with van der Waals surface area (Å²) in [4.78, 5) is 2.52. The summed E-state index contributed by atoms with van der Waals surface area (Å²) in [7, 11) is 0. The summed E-state index contributed by atoms with van der Waals surface area (Å²) in [6.45, 7) is 9.06. The number of aliphatic hydroxyl groups is 1. The Balaban J connectivity index is 1.91. The van der Waals surface area contributed by atoms with Crippen molar-refractivity contribution in [2.24, 2.45) is 11.8 Å². The van der Waals surface area contributed by atoms with Crippen molar-refractivity contribution in [3.63, 3.8) is 0 Å². The molecule has 4 atom stereocenters. The van der Waals surface area contributed by atoms with Gasteiger partial charge in [-0.3, -0.25) is 0 Å². The third-order valence-corrected chi connectivity index (χ3v) is 4.88. The lowest BCUT2D eigenvalue weighted by Gasteiger charge is -2.41. The van der Waals surface area contributed by atoms with E-state index < -0.39 is 6.10 Å². The molecule has 0 amide bonds.